The van der Waals surface area contributed by atoms with Gasteiger partial charge in [-0.1, -0.05) is 29.8 Å². The zero-order valence-corrected chi connectivity index (χ0v) is 11.9. The van der Waals surface area contributed by atoms with Crippen LogP contribution in [-0.4, -0.2) is 10.1 Å². The van der Waals surface area contributed by atoms with Crippen LogP contribution in [0.4, 0.5) is 0 Å². The molecule has 21 heavy (non-hydrogen) atoms. The Kier molecular flexibility index (Phi) is 3.84. The lowest BCUT2D eigenvalue weighted by molar-refractivity contribution is 0.259. The number of nitrogens with zero attached hydrogens (tertiary/aromatic N) is 1. The molecule has 0 aliphatic carbocycles. The molecule has 3 nitrogen and oxygen atoms in total. The average Bonchev–Trinajstić information content (AvgIpc) is 2.53. The van der Waals surface area contributed by atoms with Crippen molar-refractivity contribution in [3.05, 3.63) is 71.4 Å². The van der Waals surface area contributed by atoms with Crippen LogP contribution in [0, 0.1) is 6.92 Å². The Morgan fingerprint density at radius 3 is 2.86 bits per heavy atom. The van der Waals surface area contributed by atoms with Crippen LogP contribution in [-0.2, 0) is 13.2 Å². The van der Waals surface area contributed by atoms with Gasteiger partial charge in [-0.2, -0.15) is 0 Å². The van der Waals surface area contributed by atoms with E-state index in [-0.39, 0.29) is 6.61 Å². The van der Waals surface area contributed by atoms with Crippen LogP contribution in [0.5, 0.6) is 5.75 Å². The number of fused-ring (bicyclic) bond motifs is 1. The fraction of sp³-hybridized carbons (Fsp3) is 0.167. The molecule has 106 valence electrons. The second-order valence-electron chi connectivity index (χ2n) is 5.09. The fourth-order valence-electron chi connectivity index (χ4n) is 2.35. The first-order valence-corrected chi connectivity index (χ1v) is 6.93. The van der Waals surface area contributed by atoms with Gasteiger partial charge in [0.25, 0.3) is 0 Å². The summed E-state index contributed by atoms with van der Waals surface area (Å²) >= 11 is 0. The van der Waals surface area contributed by atoms with Gasteiger partial charge in [-0.15, -0.1) is 0 Å². The number of aliphatic hydroxyl groups excluding tert-OH is 1. The lowest BCUT2D eigenvalue weighted by Crippen LogP contribution is -1.99. The highest BCUT2D eigenvalue weighted by Crippen LogP contribution is 2.22. The third-order valence-corrected chi connectivity index (χ3v) is 3.45. The lowest BCUT2D eigenvalue weighted by Gasteiger charge is -2.11. The Balaban J connectivity index is 1.80. The molecule has 0 saturated heterocycles. The molecule has 1 aromatic heterocycles. The maximum Gasteiger partial charge on any atom is 0.125 e. The van der Waals surface area contributed by atoms with Gasteiger partial charge in [0, 0.05) is 17.1 Å². The Hall–Kier alpha value is -2.39. The molecule has 0 atom stereocenters. The van der Waals surface area contributed by atoms with E-state index in [1.54, 1.807) is 6.20 Å². The highest BCUT2D eigenvalue weighted by atomic mass is 16.5. The van der Waals surface area contributed by atoms with E-state index in [1.165, 1.54) is 0 Å². The van der Waals surface area contributed by atoms with Gasteiger partial charge in [-0.3, -0.25) is 4.98 Å². The highest BCUT2D eigenvalue weighted by molar-refractivity contribution is 5.78. The molecule has 3 heteroatoms. The molecule has 0 aliphatic rings. The Labute approximate surface area is 123 Å². The predicted octanol–water partition coefficient (Wildman–Crippen LogP) is 3.61. The molecule has 3 rings (SSSR count). The molecule has 1 N–H and O–H groups in total. The summed E-state index contributed by atoms with van der Waals surface area (Å²) in [6.45, 7) is 2.46. The van der Waals surface area contributed by atoms with Crippen LogP contribution in [0.15, 0.2) is 54.7 Å². The highest BCUT2D eigenvalue weighted by Gasteiger charge is 2.04. The van der Waals surface area contributed by atoms with Crippen molar-refractivity contribution in [1.82, 2.24) is 4.98 Å². The number of hydrogen-bond donors (Lipinski definition) is 1. The molecule has 0 amide bonds. The zero-order valence-electron chi connectivity index (χ0n) is 11.9. The SMILES string of the molecule is Cc1ccc(OCc2ccc3ncccc3c2)c(CO)c1. The maximum atomic E-state index is 9.39. The molecule has 0 radical (unpaired) electrons. The molecule has 1 heterocycles. The first kappa shape index (κ1) is 13.6. The van der Waals surface area contributed by atoms with Gasteiger partial charge in [0.05, 0.1) is 12.1 Å². The second-order valence-corrected chi connectivity index (χ2v) is 5.09. The van der Waals surface area contributed by atoms with Crippen molar-refractivity contribution in [2.24, 2.45) is 0 Å². The minimum atomic E-state index is -0.0152. The molecule has 0 spiro atoms. The van der Waals surface area contributed by atoms with E-state index in [0.717, 1.165) is 33.3 Å². The summed E-state index contributed by atoms with van der Waals surface area (Å²) in [5.41, 5.74) is 3.99. The molecule has 0 bridgehead atoms. The van der Waals surface area contributed by atoms with Gasteiger partial charge in [0.2, 0.25) is 0 Å². The number of rotatable bonds is 4. The number of benzene rings is 2. The van der Waals surface area contributed by atoms with E-state index in [2.05, 4.69) is 11.1 Å². The number of pyridine rings is 1. The first-order chi connectivity index (χ1) is 10.3. The van der Waals surface area contributed by atoms with Crippen LogP contribution in [0.1, 0.15) is 16.7 Å². The van der Waals surface area contributed by atoms with Crippen molar-refractivity contribution in [2.45, 2.75) is 20.1 Å². The van der Waals surface area contributed by atoms with Gasteiger partial charge in [-0.25, -0.2) is 0 Å². The third kappa shape index (κ3) is 3.03. The third-order valence-electron chi connectivity index (χ3n) is 3.45. The normalized spacial score (nSPS) is 10.8. The fourth-order valence-corrected chi connectivity index (χ4v) is 2.35. The number of aliphatic hydroxyl groups is 1. The average molecular weight is 279 g/mol. The van der Waals surface area contributed by atoms with Crippen molar-refractivity contribution >= 4 is 10.9 Å². The van der Waals surface area contributed by atoms with Gasteiger partial charge >= 0.3 is 0 Å². The predicted molar refractivity (Wildman–Crippen MR) is 83.2 cm³/mol. The minimum absolute atomic E-state index is 0.0152. The second kappa shape index (κ2) is 5.94. The van der Waals surface area contributed by atoms with Crippen LogP contribution < -0.4 is 4.74 Å². The largest absolute Gasteiger partial charge is 0.489 e. The van der Waals surface area contributed by atoms with E-state index >= 15 is 0 Å². The summed E-state index contributed by atoms with van der Waals surface area (Å²) in [6.07, 6.45) is 1.79. The number of ether oxygens (including phenoxy) is 1. The summed E-state index contributed by atoms with van der Waals surface area (Å²) in [6, 6.07) is 15.9. The molecule has 0 saturated carbocycles. The van der Waals surface area contributed by atoms with Crippen LogP contribution in [0.2, 0.25) is 0 Å². The Morgan fingerprint density at radius 2 is 2.00 bits per heavy atom. The number of hydrogen-bond acceptors (Lipinski definition) is 3. The zero-order chi connectivity index (χ0) is 14.7. The molecule has 2 aromatic carbocycles. The Morgan fingerprint density at radius 1 is 1.10 bits per heavy atom. The van der Waals surface area contributed by atoms with Crippen LogP contribution >= 0.6 is 0 Å². The van der Waals surface area contributed by atoms with Crippen molar-refractivity contribution in [3.63, 3.8) is 0 Å². The van der Waals surface area contributed by atoms with Crippen LogP contribution in [0.25, 0.3) is 10.9 Å². The number of aryl methyl sites for hydroxylation is 1. The summed E-state index contributed by atoms with van der Waals surface area (Å²) in [5.74, 6) is 0.731. The molecule has 3 aromatic rings. The summed E-state index contributed by atoms with van der Waals surface area (Å²) in [5, 5.41) is 10.5. The van der Waals surface area contributed by atoms with Crippen LogP contribution in [0.3, 0.4) is 0 Å². The van der Waals surface area contributed by atoms with Crippen molar-refractivity contribution in [3.8, 4) is 5.75 Å². The summed E-state index contributed by atoms with van der Waals surface area (Å²) < 4.78 is 5.84. The van der Waals surface area contributed by atoms with Crippen molar-refractivity contribution in [2.75, 3.05) is 0 Å². The van der Waals surface area contributed by atoms with Crippen molar-refractivity contribution < 1.29 is 9.84 Å². The molecular formula is C18H17NO2. The summed E-state index contributed by atoms with van der Waals surface area (Å²) in [4.78, 5) is 4.30. The smallest absolute Gasteiger partial charge is 0.125 e. The van der Waals surface area contributed by atoms with E-state index in [1.807, 2.05) is 49.4 Å². The Bertz CT molecular complexity index is 768. The van der Waals surface area contributed by atoms with E-state index < -0.39 is 0 Å². The first-order valence-electron chi connectivity index (χ1n) is 6.93. The van der Waals surface area contributed by atoms with Gasteiger partial charge in [0.1, 0.15) is 12.4 Å². The topological polar surface area (TPSA) is 42.4 Å². The lowest BCUT2D eigenvalue weighted by atomic mass is 10.1. The number of aromatic nitrogens is 1. The quantitative estimate of drug-likeness (QED) is 0.793. The molecule has 0 aliphatic heterocycles. The van der Waals surface area contributed by atoms with Gasteiger partial charge in [0.15, 0.2) is 0 Å². The van der Waals surface area contributed by atoms with Crippen molar-refractivity contribution in [1.29, 1.82) is 0 Å². The summed E-state index contributed by atoms with van der Waals surface area (Å²) in [7, 11) is 0. The molecular weight excluding hydrogens is 262 g/mol. The van der Waals surface area contributed by atoms with Gasteiger partial charge < -0.3 is 9.84 Å². The molecule has 0 unspecified atom stereocenters. The maximum absolute atomic E-state index is 9.39. The minimum Gasteiger partial charge on any atom is -0.489 e. The van der Waals surface area contributed by atoms with E-state index in [9.17, 15) is 5.11 Å². The standard InChI is InChI=1S/C18H17NO2/c1-13-4-7-18(16(9-13)11-20)21-12-14-5-6-17-15(10-14)3-2-8-19-17/h2-10,20H,11-12H2,1H3. The van der Waals surface area contributed by atoms with Gasteiger partial charge in [-0.05, 0) is 36.8 Å². The monoisotopic (exact) mass is 279 g/mol. The molecule has 0 fully saturated rings. The van der Waals surface area contributed by atoms with E-state index in [4.69, 9.17) is 4.74 Å². The van der Waals surface area contributed by atoms with E-state index in [0.29, 0.717) is 6.61 Å².